The van der Waals surface area contributed by atoms with Crippen LogP contribution in [-0.4, -0.2) is 16.8 Å². The quantitative estimate of drug-likeness (QED) is 0.438. The summed E-state index contributed by atoms with van der Waals surface area (Å²) < 4.78 is 5.24. The fourth-order valence-electron chi connectivity index (χ4n) is 4.09. The second-order valence-corrected chi connectivity index (χ2v) is 7.80. The molecule has 32 heavy (non-hydrogen) atoms. The van der Waals surface area contributed by atoms with E-state index >= 15 is 0 Å². The zero-order valence-electron chi connectivity index (χ0n) is 17.6. The Morgan fingerprint density at radius 3 is 2.81 bits per heavy atom. The summed E-state index contributed by atoms with van der Waals surface area (Å²) >= 11 is 0. The number of pyridine rings is 1. The Kier molecular flexibility index (Phi) is 4.82. The SMILES string of the molecule is C=CC(=O)Nc1cc(N2C(=O)CCc3cnc4ccc(-c5ccoc5)cc4c32)ccc1C. The summed E-state index contributed by atoms with van der Waals surface area (Å²) in [6.07, 6.45) is 7.44. The van der Waals surface area contributed by atoms with Crippen molar-refractivity contribution in [1.82, 2.24) is 4.98 Å². The first-order valence-corrected chi connectivity index (χ1v) is 10.4. The minimum absolute atomic E-state index is 0.00330. The molecule has 3 heterocycles. The third-order valence-corrected chi connectivity index (χ3v) is 5.77. The van der Waals surface area contributed by atoms with Gasteiger partial charge in [0.05, 0.1) is 29.4 Å². The zero-order chi connectivity index (χ0) is 22.2. The summed E-state index contributed by atoms with van der Waals surface area (Å²) in [7, 11) is 0. The van der Waals surface area contributed by atoms with E-state index in [1.54, 1.807) is 17.4 Å². The first kappa shape index (κ1) is 19.8. The topological polar surface area (TPSA) is 75.4 Å². The highest BCUT2D eigenvalue weighted by Gasteiger charge is 2.28. The molecule has 5 rings (SSSR count). The van der Waals surface area contributed by atoms with Crippen molar-refractivity contribution in [3.05, 3.63) is 85.0 Å². The molecule has 0 bridgehead atoms. The van der Waals surface area contributed by atoms with Gasteiger partial charge < -0.3 is 9.73 Å². The molecule has 0 spiro atoms. The molecule has 6 nitrogen and oxygen atoms in total. The van der Waals surface area contributed by atoms with E-state index in [0.717, 1.165) is 38.8 Å². The average molecular weight is 423 g/mol. The molecule has 158 valence electrons. The van der Waals surface area contributed by atoms with Crippen LogP contribution in [-0.2, 0) is 16.0 Å². The lowest BCUT2D eigenvalue weighted by atomic mass is 9.96. The minimum atomic E-state index is -0.296. The summed E-state index contributed by atoms with van der Waals surface area (Å²) in [5, 5.41) is 3.72. The number of hydrogen-bond acceptors (Lipinski definition) is 4. The van der Waals surface area contributed by atoms with Crippen LogP contribution in [0.3, 0.4) is 0 Å². The van der Waals surface area contributed by atoms with Crippen molar-refractivity contribution in [2.45, 2.75) is 19.8 Å². The molecule has 0 unspecified atom stereocenters. The molecule has 2 aromatic carbocycles. The Bertz CT molecular complexity index is 1370. The number of fused-ring (bicyclic) bond motifs is 3. The Hall–Kier alpha value is -4.19. The van der Waals surface area contributed by atoms with Crippen molar-refractivity contribution in [2.24, 2.45) is 0 Å². The van der Waals surface area contributed by atoms with Crippen LogP contribution in [0.25, 0.3) is 22.0 Å². The summed E-state index contributed by atoms with van der Waals surface area (Å²) in [6.45, 7) is 5.42. The lowest BCUT2D eigenvalue weighted by molar-refractivity contribution is -0.118. The fraction of sp³-hybridized carbons (Fsp3) is 0.115. The predicted octanol–water partition coefficient (Wildman–Crippen LogP) is 5.54. The Morgan fingerprint density at radius 2 is 2.03 bits per heavy atom. The number of carbonyl (C=O) groups is 2. The fourth-order valence-corrected chi connectivity index (χ4v) is 4.09. The van der Waals surface area contributed by atoms with E-state index in [9.17, 15) is 9.59 Å². The third kappa shape index (κ3) is 3.36. The first-order chi connectivity index (χ1) is 15.5. The number of carbonyl (C=O) groups excluding carboxylic acids is 2. The molecule has 2 amide bonds. The van der Waals surface area contributed by atoms with Gasteiger partial charge in [0.2, 0.25) is 11.8 Å². The zero-order valence-corrected chi connectivity index (χ0v) is 17.6. The van der Waals surface area contributed by atoms with Gasteiger partial charge in [-0.3, -0.25) is 19.5 Å². The van der Waals surface area contributed by atoms with Gasteiger partial charge in [0.25, 0.3) is 0 Å². The maximum atomic E-state index is 13.2. The van der Waals surface area contributed by atoms with Crippen molar-refractivity contribution in [1.29, 1.82) is 0 Å². The van der Waals surface area contributed by atoms with E-state index in [-0.39, 0.29) is 11.8 Å². The van der Waals surface area contributed by atoms with Gasteiger partial charge >= 0.3 is 0 Å². The number of benzene rings is 2. The molecule has 0 fully saturated rings. The van der Waals surface area contributed by atoms with Gasteiger partial charge in [-0.25, -0.2) is 0 Å². The van der Waals surface area contributed by atoms with Crippen LogP contribution in [0.2, 0.25) is 0 Å². The molecule has 0 saturated carbocycles. The van der Waals surface area contributed by atoms with Gasteiger partial charge in [0.1, 0.15) is 0 Å². The van der Waals surface area contributed by atoms with Crippen LogP contribution in [0.5, 0.6) is 0 Å². The number of aryl methyl sites for hydroxylation is 2. The van der Waals surface area contributed by atoms with Gasteiger partial charge in [-0.2, -0.15) is 0 Å². The van der Waals surface area contributed by atoms with E-state index in [0.29, 0.717) is 24.2 Å². The number of amides is 2. The molecule has 0 atom stereocenters. The number of nitrogens with zero attached hydrogens (tertiary/aromatic N) is 2. The largest absolute Gasteiger partial charge is 0.472 e. The molecule has 1 aliphatic heterocycles. The maximum Gasteiger partial charge on any atom is 0.247 e. The van der Waals surface area contributed by atoms with Crippen LogP contribution < -0.4 is 10.2 Å². The summed E-state index contributed by atoms with van der Waals surface area (Å²) in [5.41, 5.74) is 6.84. The molecule has 2 aromatic heterocycles. The van der Waals surface area contributed by atoms with E-state index in [2.05, 4.69) is 16.9 Å². The molecular formula is C26H21N3O3. The van der Waals surface area contributed by atoms with Gasteiger partial charge in [-0.05, 0) is 66.4 Å². The number of furan rings is 1. The van der Waals surface area contributed by atoms with Crippen molar-refractivity contribution in [3.8, 4) is 11.1 Å². The summed E-state index contributed by atoms with van der Waals surface area (Å²) in [4.78, 5) is 31.4. The third-order valence-electron chi connectivity index (χ3n) is 5.77. The lowest BCUT2D eigenvalue weighted by Gasteiger charge is -2.31. The van der Waals surface area contributed by atoms with E-state index in [1.807, 2.05) is 55.6 Å². The number of hydrogen-bond donors (Lipinski definition) is 1. The number of nitrogens with one attached hydrogen (secondary N) is 1. The monoisotopic (exact) mass is 423 g/mol. The second kappa shape index (κ2) is 7.81. The first-order valence-electron chi connectivity index (χ1n) is 10.4. The van der Waals surface area contributed by atoms with Crippen molar-refractivity contribution < 1.29 is 14.0 Å². The average Bonchev–Trinajstić information content (AvgIpc) is 3.35. The molecule has 4 aromatic rings. The highest BCUT2D eigenvalue weighted by Crippen LogP contribution is 2.41. The number of anilines is 3. The second-order valence-electron chi connectivity index (χ2n) is 7.80. The molecule has 0 aliphatic carbocycles. The predicted molar refractivity (Wildman–Crippen MR) is 125 cm³/mol. The normalized spacial score (nSPS) is 13.2. The van der Waals surface area contributed by atoms with Gasteiger partial charge in [0.15, 0.2) is 0 Å². The van der Waals surface area contributed by atoms with Crippen LogP contribution in [0.15, 0.2) is 78.3 Å². The molecule has 0 radical (unpaired) electrons. The highest BCUT2D eigenvalue weighted by molar-refractivity contribution is 6.11. The molecule has 1 N–H and O–H groups in total. The van der Waals surface area contributed by atoms with Crippen LogP contribution in [0.4, 0.5) is 17.1 Å². The van der Waals surface area contributed by atoms with E-state index in [1.165, 1.54) is 6.08 Å². The molecule has 6 heteroatoms. The van der Waals surface area contributed by atoms with Gasteiger partial charge in [-0.1, -0.05) is 18.7 Å². The summed E-state index contributed by atoms with van der Waals surface area (Å²) in [5.74, 6) is -0.293. The van der Waals surface area contributed by atoms with E-state index < -0.39 is 0 Å². The van der Waals surface area contributed by atoms with Crippen molar-refractivity contribution in [2.75, 3.05) is 10.2 Å². The van der Waals surface area contributed by atoms with Crippen molar-refractivity contribution in [3.63, 3.8) is 0 Å². The molecule has 1 aliphatic rings. The van der Waals surface area contributed by atoms with Crippen LogP contribution >= 0.6 is 0 Å². The smallest absolute Gasteiger partial charge is 0.247 e. The lowest BCUT2D eigenvalue weighted by Crippen LogP contribution is -2.31. The van der Waals surface area contributed by atoms with Gasteiger partial charge in [0, 0.05) is 29.3 Å². The minimum Gasteiger partial charge on any atom is -0.472 e. The highest BCUT2D eigenvalue weighted by atomic mass is 16.3. The number of rotatable bonds is 4. The number of aromatic nitrogens is 1. The Morgan fingerprint density at radius 1 is 1.16 bits per heavy atom. The van der Waals surface area contributed by atoms with Crippen LogP contribution in [0.1, 0.15) is 17.5 Å². The van der Waals surface area contributed by atoms with Crippen molar-refractivity contribution >= 4 is 39.8 Å². The molecule has 0 saturated heterocycles. The van der Waals surface area contributed by atoms with E-state index in [4.69, 9.17) is 4.42 Å². The summed E-state index contributed by atoms with van der Waals surface area (Å²) in [6, 6.07) is 13.5. The Labute approximate surface area is 185 Å². The van der Waals surface area contributed by atoms with Gasteiger partial charge in [-0.15, -0.1) is 0 Å². The van der Waals surface area contributed by atoms with Crippen LogP contribution in [0, 0.1) is 6.92 Å². The molecular weight excluding hydrogens is 402 g/mol. The standard InChI is InChI=1S/C26H21N3O3/c1-3-24(30)28-23-13-20(7-4-16(23)2)29-25(31)9-6-18-14-27-22-8-5-17(12-21(22)26(18)29)19-10-11-32-15-19/h3-5,7-8,10-15H,1,6,9H2,2H3,(H,28,30). The Balaban J connectivity index is 1.70. The maximum absolute atomic E-state index is 13.2.